The molecule has 1 N–H and O–H groups in total. The van der Waals surface area contributed by atoms with Crippen LogP contribution in [-0.4, -0.2) is 44.9 Å². The first-order valence-corrected chi connectivity index (χ1v) is 22.4. The highest BCUT2D eigenvalue weighted by Gasteiger charge is 2.43. The van der Waals surface area contributed by atoms with Crippen molar-refractivity contribution in [3.63, 3.8) is 0 Å². The second-order valence-corrected chi connectivity index (χ2v) is 18.9. The lowest BCUT2D eigenvalue weighted by atomic mass is 9.76. The summed E-state index contributed by atoms with van der Waals surface area (Å²) in [6.45, 7) is 7.21. The van der Waals surface area contributed by atoms with E-state index in [-0.39, 0.29) is 38.9 Å². The van der Waals surface area contributed by atoms with Gasteiger partial charge in [-0.25, -0.2) is 14.9 Å². The minimum atomic E-state index is -1.43. The molecular formula is C50H40N4O6S2. The van der Waals surface area contributed by atoms with Crippen LogP contribution in [0.4, 0.5) is 5.69 Å². The normalized spacial score (nSPS) is 15.5. The lowest BCUT2D eigenvalue weighted by molar-refractivity contribution is 0.0842. The molecule has 308 valence electrons. The first kappa shape index (κ1) is 39.6. The summed E-state index contributed by atoms with van der Waals surface area (Å²) >= 11 is 3.00. The molecule has 12 heteroatoms. The highest BCUT2D eigenvalue weighted by atomic mass is 32.2. The molecule has 3 aliphatic rings. The number of Topliss-reactive ketones (excluding diaryl/α,β-unsaturated/α-hetero) is 2. The molecule has 1 unspecified atom stereocenters. The summed E-state index contributed by atoms with van der Waals surface area (Å²) in [7, 11) is 0. The zero-order valence-corrected chi connectivity index (χ0v) is 35.8. The number of rotatable bonds is 12. The standard InChI is InChI=1S/C50H40N4O6S2/c1-26(2)23-27(3)9-8-22-60-29-14-16-31(28-10-4-5-11-28)39(24-29)54-48(58)34-19-17-32-41-33(18-20-35(42(34)41)49(54)59)45(56)43(44(32)55)46-51-37-21-15-30(25-36(37)47(57)53-46)61-50-52-38-12-6-7-13-40(38)62-50/h4-7,10,12-21,24-27,43H,8-9,11,22-23H2,1-3H3,(H,51,53,57). The van der Waals surface area contributed by atoms with E-state index in [1.54, 1.807) is 41.7 Å². The van der Waals surface area contributed by atoms with Crippen molar-refractivity contribution in [2.45, 2.75) is 61.6 Å². The van der Waals surface area contributed by atoms with E-state index in [2.05, 4.69) is 35.7 Å². The molecule has 2 aromatic heterocycles. The minimum Gasteiger partial charge on any atom is -0.494 e. The number of imide groups is 1. The number of amides is 2. The molecule has 7 aromatic rings. The van der Waals surface area contributed by atoms with Crippen molar-refractivity contribution >= 4 is 89.6 Å². The zero-order chi connectivity index (χ0) is 42.8. The molecule has 3 heterocycles. The van der Waals surface area contributed by atoms with Crippen LogP contribution in [0.3, 0.4) is 0 Å². The van der Waals surface area contributed by atoms with Crippen LogP contribution in [0.5, 0.6) is 5.75 Å². The number of benzene rings is 5. The first-order chi connectivity index (χ1) is 30.0. The third kappa shape index (κ3) is 6.87. The third-order valence-corrected chi connectivity index (χ3v) is 13.9. The molecule has 10 nitrogen and oxygen atoms in total. The number of ether oxygens (including phenoxy) is 1. The fourth-order valence-corrected chi connectivity index (χ4v) is 11.2. The van der Waals surface area contributed by atoms with Gasteiger partial charge in [0.2, 0.25) is 0 Å². The molecular weight excluding hydrogens is 817 g/mol. The number of H-pyrrole nitrogens is 1. The van der Waals surface area contributed by atoms with E-state index in [0.717, 1.165) is 49.9 Å². The van der Waals surface area contributed by atoms with Gasteiger partial charge >= 0.3 is 0 Å². The van der Waals surface area contributed by atoms with Crippen molar-refractivity contribution in [1.82, 2.24) is 15.0 Å². The van der Waals surface area contributed by atoms with Crippen LogP contribution >= 0.6 is 23.1 Å². The molecule has 62 heavy (non-hydrogen) atoms. The molecule has 2 aliphatic carbocycles. The van der Waals surface area contributed by atoms with Crippen LogP contribution in [-0.2, 0) is 0 Å². The molecule has 10 rings (SSSR count). The van der Waals surface area contributed by atoms with Gasteiger partial charge in [-0.1, -0.05) is 62.9 Å². The maximum absolute atomic E-state index is 14.6. The molecule has 0 saturated heterocycles. The highest BCUT2D eigenvalue weighted by Crippen LogP contribution is 2.44. The third-order valence-electron chi connectivity index (χ3n) is 11.8. The van der Waals surface area contributed by atoms with Crippen LogP contribution in [0.15, 0.2) is 117 Å². The maximum Gasteiger partial charge on any atom is 0.266 e. The van der Waals surface area contributed by atoms with Crippen molar-refractivity contribution in [3.8, 4) is 5.75 Å². The van der Waals surface area contributed by atoms with Crippen molar-refractivity contribution < 1.29 is 23.9 Å². The molecule has 0 fully saturated rings. The van der Waals surface area contributed by atoms with Crippen molar-refractivity contribution in [3.05, 3.63) is 147 Å². The summed E-state index contributed by atoms with van der Waals surface area (Å²) in [6, 6.07) is 24.8. The van der Waals surface area contributed by atoms with Gasteiger partial charge in [0.25, 0.3) is 17.4 Å². The number of ketones is 2. The molecule has 2 amide bonds. The number of thiazole rings is 1. The van der Waals surface area contributed by atoms with Crippen LogP contribution in [0.25, 0.3) is 37.5 Å². The predicted molar refractivity (Wildman–Crippen MR) is 244 cm³/mol. The fourth-order valence-electron chi connectivity index (χ4n) is 9.07. The number of hydrogen-bond acceptors (Lipinski definition) is 10. The molecule has 5 aromatic carbocycles. The SMILES string of the molecule is CC(C)CC(C)CCCOc1ccc(C2=CC=CC2)c(N2C(=O)c3ccc4c5c(ccc(c35)C2=O)C(=O)C(c2nc3ccc(Sc5nc6ccccc6s5)cc3c(=O)[nH]2)C4=O)c1. The van der Waals surface area contributed by atoms with E-state index in [4.69, 9.17) is 4.74 Å². The Morgan fingerprint density at radius 3 is 2.23 bits per heavy atom. The summed E-state index contributed by atoms with van der Waals surface area (Å²) in [5.74, 6) is -2.03. The molecule has 0 spiro atoms. The Balaban J connectivity index is 0.959. The Bertz CT molecular complexity index is 3090. The number of carbonyl (C=O) groups excluding carboxylic acids is 4. The molecule has 0 radical (unpaired) electrons. The number of anilines is 1. The van der Waals surface area contributed by atoms with Crippen LogP contribution in [0.1, 0.15) is 105 Å². The predicted octanol–water partition coefficient (Wildman–Crippen LogP) is 11.0. The first-order valence-electron chi connectivity index (χ1n) is 20.8. The fraction of sp³-hybridized carbons (Fsp3) is 0.220. The minimum absolute atomic E-state index is 0.0724. The molecule has 0 bridgehead atoms. The van der Waals surface area contributed by atoms with Crippen LogP contribution in [0.2, 0.25) is 0 Å². The van der Waals surface area contributed by atoms with Crippen molar-refractivity contribution in [2.75, 3.05) is 11.5 Å². The smallest absolute Gasteiger partial charge is 0.266 e. The van der Waals surface area contributed by atoms with Gasteiger partial charge in [-0.05, 0) is 110 Å². The largest absolute Gasteiger partial charge is 0.494 e. The Kier molecular flexibility index (Phi) is 10.1. The summed E-state index contributed by atoms with van der Waals surface area (Å²) < 4.78 is 8.10. The topological polar surface area (TPSA) is 139 Å². The maximum atomic E-state index is 14.6. The van der Waals surface area contributed by atoms with Gasteiger partial charge in [0.05, 0.1) is 33.4 Å². The quantitative estimate of drug-likeness (QED) is 0.0722. The summed E-state index contributed by atoms with van der Waals surface area (Å²) in [4.78, 5) is 85.7. The van der Waals surface area contributed by atoms with E-state index >= 15 is 0 Å². The number of nitrogens with zero attached hydrogens (tertiary/aromatic N) is 3. The van der Waals surface area contributed by atoms with E-state index in [1.807, 2.05) is 60.7 Å². The van der Waals surface area contributed by atoms with Crippen LogP contribution in [0, 0.1) is 11.8 Å². The Morgan fingerprint density at radius 1 is 0.806 bits per heavy atom. The number of para-hydroxylation sites is 1. The molecule has 0 saturated carbocycles. The number of fused-ring (bicyclic) bond motifs is 2. The van der Waals surface area contributed by atoms with Gasteiger partial charge in [-0.15, -0.1) is 11.3 Å². The van der Waals surface area contributed by atoms with E-state index in [1.165, 1.54) is 28.8 Å². The monoisotopic (exact) mass is 856 g/mol. The molecule has 1 atom stereocenters. The summed E-state index contributed by atoms with van der Waals surface area (Å²) in [5.41, 5.74) is 3.58. The number of hydrogen-bond donors (Lipinski definition) is 1. The Hall–Kier alpha value is -6.50. The van der Waals surface area contributed by atoms with Gasteiger partial charge in [-0.3, -0.25) is 24.0 Å². The van der Waals surface area contributed by atoms with Gasteiger partial charge in [0, 0.05) is 49.6 Å². The number of carbonyl (C=O) groups is 4. The van der Waals surface area contributed by atoms with Gasteiger partial charge in [0.15, 0.2) is 15.9 Å². The van der Waals surface area contributed by atoms with Crippen molar-refractivity contribution in [2.24, 2.45) is 11.8 Å². The second kappa shape index (κ2) is 15.8. The van der Waals surface area contributed by atoms with Crippen molar-refractivity contribution in [1.29, 1.82) is 0 Å². The zero-order valence-electron chi connectivity index (χ0n) is 34.2. The number of aromatic nitrogens is 3. The molecule has 1 aliphatic heterocycles. The Labute approximate surface area is 364 Å². The van der Waals surface area contributed by atoms with E-state index in [9.17, 15) is 24.0 Å². The van der Waals surface area contributed by atoms with E-state index < -0.39 is 34.9 Å². The number of allylic oxidation sites excluding steroid dienone is 4. The van der Waals surface area contributed by atoms with Gasteiger partial charge < -0.3 is 9.72 Å². The highest BCUT2D eigenvalue weighted by molar-refractivity contribution is 8.01. The van der Waals surface area contributed by atoms with Gasteiger partial charge in [-0.2, -0.15) is 0 Å². The second-order valence-electron chi connectivity index (χ2n) is 16.6. The lowest BCUT2D eigenvalue weighted by Gasteiger charge is -2.31. The number of nitrogens with one attached hydrogen (secondary N) is 1. The average Bonchev–Trinajstić information content (AvgIpc) is 3.94. The average molecular weight is 857 g/mol. The number of aromatic amines is 1. The lowest BCUT2D eigenvalue weighted by Crippen LogP contribution is -2.41. The Morgan fingerprint density at radius 2 is 1.52 bits per heavy atom. The van der Waals surface area contributed by atoms with Gasteiger partial charge in [0.1, 0.15) is 17.5 Å². The van der Waals surface area contributed by atoms with Crippen LogP contribution < -0.4 is 15.2 Å². The van der Waals surface area contributed by atoms with E-state index in [0.29, 0.717) is 47.2 Å². The summed E-state index contributed by atoms with van der Waals surface area (Å²) in [6.07, 6.45) is 9.64. The summed E-state index contributed by atoms with van der Waals surface area (Å²) in [5, 5.41) is 0.818.